The SMILES string of the molecule is CCOC(=O)c1ccc(NC(=O)COc2ccc(Br)cc2[C@H]2c3sc(=O)[nH]c3SC3C(=O)N(c4ccc([N+](=O)[O-])cc4)C(=O)C32)cc1. The molecule has 0 aliphatic carbocycles. The summed E-state index contributed by atoms with van der Waals surface area (Å²) in [5.41, 5.74) is 1.24. The summed E-state index contributed by atoms with van der Waals surface area (Å²) in [5, 5.41) is 13.4. The number of imide groups is 1. The predicted molar refractivity (Wildman–Crippen MR) is 176 cm³/mol. The number of fused-ring (bicyclic) bond motifs is 2. The number of carbonyl (C=O) groups excluding carboxylic acids is 4. The Morgan fingerprint density at radius 2 is 1.77 bits per heavy atom. The average molecular weight is 740 g/mol. The lowest BCUT2D eigenvalue weighted by molar-refractivity contribution is -0.384. The summed E-state index contributed by atoms with van der Waals surface area (Å²) in [4.78, 5) is 79.7. The quantitative estimate of drug-likeness (QED) is 0.102. The van der Waals surface area contributed by atoms with Gasteiger partial charge in [-0.05, 0) is 61.5 Å². The van der Waals surface area contributed by atoms with Gasteiger partial charge in [0.25, 0.3) is 11.6 Å². The lowest BCUT2D eigenvalue weighted by Crippen LogP contribution is -2.32. The van der Waals surface area contributed by atoms with Crippen LogP contribution in [0, 0.1) is 16.0 Å². The number of non-ortho nitro benzene ring substituents is 1. The van der Waals surface area contributed by atoms with Gasteiger partial charge in [-0.3, -0.25) is 29.3 Å². The molecule has 13 nitrogen and oxygen atoms in total. The Morgan fingerprint density at radius 3 is 2.45 bits per heavy atom. The van der Waals surface area contributed by atoms with Crippen molar-refractivity contribution < 1.29 is 33.6 Å². The number of ether oxygens (including phenoxy) is 2. The molecule has 0 saturated carbocycles. The summed E-state index contributed by atoms with van der Waals surface area (Å²) in [7, 11) is 0. The minimum Gasteiger partial charge on any atom is -0.483 e. The Bertz CT molecular complexity index is 1980. The van der Waals surface area contributed by atoms with Crippen LogP contribution in [-0.4, -0.2) is 52.1 Å². The number of nitro benzene ring substituents is 1. The number of aromatic amines is 1. The molecule has 240 valence electrons. The molecule has 16 heteroatoms. The van der Waals surface area contributed by atoms with Crippen molar-refractivity contribution in [2.24, 2.45) is 5.92 Å². The summed E-state index contributed by atoms with van der Waals surface area (Å²) < 4.78 is 11.6. The van der Waals surface area contributed by atoms with E-state index in [1.807, 2.05) is 0 Å². The van der Waals surface area contributed by atoms with Crippen LogP contribution in [-0.2, 0) is 19.1 Å². The monoisotopic (exact) mass is 738 g/mol. The van der Waals surface area contributed by atoms with E-state index in [-0.39, 0.29) is 28.6 Å². The number of halogens is 1. The number of nitrogens with zero attached hydrogens (tertiary/aromatic N) is 2. The van der Waals surface area contributed by atoms with Gasteiger partial charge < -0.3 is 19.8 Å². The maximum absolute atomic E-state index is 14.1. The minimum atomic E-state index is -0.954. The average Bonchev–Trinajstić information content (AvgIpc) is 3.54. The molecule has 6 rings (SSSR count). The van der Waals surface area contributed by atoms with Gasteiger partial charge >= 0.3 is 10.8 Å². The van der Waals surface area contributed by atoms with Crippen LogP contribution in [0.3, 0.4) is 0 Å². The number of carbonyl (C=O) groups is 4. The maximum atomic E-state index is 14.1. The third-order valence-electron chi connectivity index (χ3n) is 7.49. The topological polar surface area (TPSA) is 178 Å². The number of amides is 3. The van der Waals surface area contributed by atoms with E-state index < -0.39 is 52.3 Å². The third-order valence-corrected chi connectivity index (χ3v) is 10.4. The van der Waals surface area contributed by atoms with Crippen LogP contribution in [0.15, 0.2) is 81.0 Å². The number of H-pyrrole nitrogens is 1. The fourth-order valence-electron chi connectivity index (χ4n) is 5.47. The van der Waals surface area contributed by atoms with Gasteiger partial charge in [-0.1, -0.05) is 39.0 Å². The number of thioether (sulfide) groups is 1. The molecule has 1 fully saturated rings. The number of nitro groups is 1. The van der Waals surface area contributed by atoms with Crippen molar-refractivity contribution >= 4 is 79.8 Å². The molecule has 3 atom stereocenters. The molecular formula is C31H23BrN4O9S2. The van der Waals surface area contributed by atoms with E-state index in [0.717, 1.165) is 28.0 Å². The van der Waals surface area contributed by atoms with Crippen LogP contribution >= 0.6 is 39.0 Å². The smallest absolute Gasteiger partial charge is 0.338 e. The molecule has 2 aliphatic rings. The van der Waals surface area contributed by atoms with Crippen molar-refractivity contribution in [3.05, 3.63) is 107 Å². The van der Waals surface area contributed by atoms with Crippen molar-refractivity contribution in [2.45, 2.75) is 23.1 Å². The summed E-state index contributed by atoms with van der Waals surface area (Å²) >= 11 is 5.48. The van der Waals surface area contributed by atoms with Gasteiger partial charge in [0.1, 0.15) is 11.0 Å². The number of nitrogens with one attached hydrogen (secondary N) is 2. The molecule has 2 unspecified atom stereocenters. The number of esters is 1. The van der Waals surface area contributed by atoms with E-state index in [0.29, 0.717) is 31.2 Å². The fraction of sp³-hybridized carbons (Fsp3) is 0.194. The van der Waals surface area contributed by atoms with Crippen LogP contribution < -0.4 is 19.8 Å². The molecule has 1 aromatic heterocycles. The van der Waals surface area contributed by atoms with Crippen LogP contribution in [0.5, 0.6) is 5.75 Å². The molecular weight excluding hydrogens is 716 g/mol. The van der Waals surface area contributed by atoms with E-state index in [4.69, 9.17) is 9.47 Å². The number of benzene rings is 3. The highest BCUT2D eigenvalue weighted by molar-refractivity contribution is 9.10. The largest absolute Gasteiger partial charge is 0.483 e. The van der Waals surface area contributed by atoms with Gasteiger partial charge in [-0.25, -0.2) is 9.69 Å². The second-order valence-electron chi connectivity index (χ2n) is 10.4. The molecule has 0 radical (unpaired) electrons. The Balaban J connectivity index is 1.29. The zero-order valence-corrected chi connectivity index (χ0v) is 27.5. The lowest BCUT2D eigenvalue weighted by atomic mass is 9.82. The molecule has 0 bridgehead atoms. The van der Waals surface area contributed by atoms with Gasteiger partial charge in [0, 0.05) is 38.7 Å². The predicted octanol–water partition coefficient (Wildman–Crippen LogP) is 5.10. The standard InChI is InChI=1S/C31H23BrN4O9S2/c1-2-44-30(40)15-3-6-17(7-4-15)33-22(37)14-45-21-12-5-16(32)13-20(21)23-24-26(46-27-25(23)47-31(41)34-27)29(39)35(28(24)38)18-8-10-19(11-9-18)36(42)43/h3-13,23-24,26H,2,14H2,1H3,(H,33,37)(H,34,41)/t23-,24?,26?/m1/s1. The Kier molecular flexibility index (Phi) is 8.98. The lowest BCUT2D eigenvalue weighted by Gasteiger charge is -2.31. The number of hydrogen-bond donors (Lipinski definition) is 2. The summed E-state index contributed by atoms with van der Waals surface area (Å²) in [6.45, 7) is 1.53. The fourth-order valence-corrected chi connectivity index (χ4v) is 8.35. The molecule has 2 N–H and O–H groups in total. The zero-order valence-electron chi connectivity index (χ0n) is 24.3. The molecule has 2 aliphatic heterocycles. The summed E-state index contributed by atoms with van der Waals surface area (Å²) in [5.74, 6) is -3.52. The zero-order chi connectivity index (χ0) is 33.4. The third kappa shape index (κ3) is 6.31. The van der Waals surface area contributed by atoms with Gasteiger partial charge in [-0.15, -0.1) is 0 Å². The number of thiazole rings is 1. The van der Waals surface area contributed by atoms with Crippen LogP contribution in [0.4, 0.5) is 17.1 Å². The van der Waals surface area contributed by atoms with Crippen LogP contribution in [0.2, 0.25) is 0 Å². The van der Waals surface area contributed by atoms with Crippen molar-refractivity contribution in [1.82, 2.24) is 4.98 Å². The van der Waals surface area contributed by atoms with E-state index in [1.54, 1.807) is 37.3 Å². The van der Waals surface area contributed by atoms with Crippen molar-refractivity contribution in [1.29, 1.82) is 0 Å². The van der Waals surface area contributed by atoms with E-state index in [9.17, 15) is 34.1 Å². The molecule has 3 heterocycles. The first-order valence-electron chi connectivity index (χ1n) is 14.1. The van der Waals surface area contributed by atoms with Gasteiger partial charge in [0.05, 0.1) is 33.7 Å². The van der Waals surface area contributed by atoms with Crippen molar-refractivity contribution in [3.8, 4) is 5.75 Å². The Hall–Kier alpha value is -4.80. The van der Waals surface area contributed by atoms with E-state index >= 15 is 0 Å². The van der Waals surface area contributed by atoms with Crippen LogP contribution in [0.25, 0.3) is 0 Å². The first kappa shape index (κ1) is 32.2. The highest BCUT2D eigenvalue weighted by Crippen LogP contribution is 2.54. The number of anilines is 2. The molecule has 47 heavy (non-hydrogen) atoms. The Labute approximate surface area is 282 Å². The maximum Gasteiger partial charge on any atom is 0.338 e. The minimum absolute atomic E-state index is 0.189. The summed E-state index contributed by atoms with van der Waals surface area (Å²) in [6.07, 6.45) is 0. The van der Waals surface area contributed by atoms with Gasteiger partial charge in [0.15, 0.2) is 6.61 Å². The first-order chi connectivity index (χ1) is 22.5. The Morgan fingerprint density at radius 1 is 1.04 bits per heavy atom. The van der Waals surface area contributed by atoms with Gasteiger partial charge in [0.2, 0.25) is 11.8 Å². The first-order valence-corrected chi connectivity index (χ1v) is 16.6. The molecule has 4 aromatic rings. The van der Waals surface area contributed by atoms with E-state index in [1.165, 1.54) is 36.4 Å². The highest BCUT2D eigenvalue weighted by atomic mass is 79.9. The summed E-state index contributed by atoms with van der Waals surface area (Å²) in [6, 6.07) is 16.4. The van der Waals surface area contributed by atoms with Crippen molar-refractivity contribution in [2.75, 3.05) is 23.4 Å². The molecule has 3 amide bonds. The van der Waals surface area contributed by atoms with E-state index in [2.05, 4.69) is 26.2 Å². The van der Waals surface area contributed by atoms with Crippen LogP contribution in [0.1, 0.15) is 33.6 Å². The second-order valence-corrected chi connectivity index (χ2v) is 13.4. The molecule has 3 aromatic carbocycles. The van der Waals surface area contributed by atoms with Crippen molar-refractivity contribution in [3.63, 3.8) is 0 Å². The van der Waals surface area contributed by atoms with Gasteiger partial charge in [-0.2, -0.15) is 0 Å². The normalized spacial score (nSPS) is 18.3. The number of aromatic nitrogens is 1. The molecule has 0 spiro atoms. The highest BCUT2D eigenvalue weighted by Gasteiger charge is 2.57. The number of hydrogen-bond acceptors (Lipinski definition) is 11. The second kappa shape index (κ2) is 13.1. The number of rotatable bonds is 9. The molecule has 1 saturated heterocycles.